The minimum absolute atomic E-state index is 0.0963. The van der Waals surface area contributed by atoms with Gasteiger partial charge in [0.15, 0.2) is 0 Å². The lowest BCUT2D eigenvalue weighted by Crippen LogP contribution is -2.49. The highest BCUT2D eigenvalue weighted by molar-refractivity contribution is 6.64. The molecule has 1 spiro atoms. The first-order valence-corrected chi connectivity index (χ1v) is 8.13. The van der Waals surface area contributed by atoms with Crippen molar-refractivity contribution in [1.82, 2.24) is 4.90 Å². The van der Waals surface area contributed by atoms with Crippen molar-refractivity contribution in [2.75, 3.05) is 6.54 Å². The van der Waals surface area contributed by atoms with Crippen LogP contribution >= 0.6 is 23.2 Å². The molecule has 0 unspecified atom stereocenters. The van der Waals surface area contributed by atoms with Crippen molar-refractivity contribution in [3.05, 3.63) is 34.9 Å². The number of benzene rings is 1. The van der Waals surface area contributed by atoms with E-state index >= 15 is 0 Å². The van der Waals surface area contributed by atoms with Crippen molar-refractivity contribution in [2.24, 2.45) is 4.99 Å². The van der Waals surface area contributed by atoms with Crippen LogP contribution in [0.2, 0.25) is 5.02 Å². The molecule has 3 rings (SSSR count). The maximum absolute atomic E-state index is 12.8. The van der Waals surface area contributed by atoms with E-state index in [2.05, 4.69) is 0 Å². The van der Waals surface area contributed by atoms with Gasteiger partial charge in [0, 0.05) is 10.6 Å². The maximum atomic E-state index is 12.8. The standard InChI is InChI=1S/C16H16Cl2N2O2/c17-12-6-4-11(5-7-12)14-15(22)20(10-13(18)21)16(19-14)8-2-1-3-9-16/h4-7H,1-3,8-10H2. The summed E-state index contributed by atoms with van der Waals surface area (Å²) in [4.78, 5) is 30.4. The van der Waals surface area contributed by atoms with E-state index in [1.165, 1.54) is 0 Å². The number of amides is 1. The molecule has 1 heterocycles. The fourth-order valence-corrected chi connectivity index (χ4v) is 3.52. The van der Waals surface area contributed by atoms with E-state index in [1.54, 1.807) is 29.2 Å². The number of hydrogen-bond acceptors (Lipinski definition) is 3. The molecule has 1 saturated carbocycles. The Morgan fingerprint density at radius 3 is 2.41 bits per heavy atom. The molecule has 4 nitrogen and oxygen atoms in total. The van der Waals surface area contributed by atoms with Crippen LogP contribution in [0.25, 0.3) is 0 Å². The smallest absolute Gasteiger partial charge is 0.275 e. The number of aliphatic imine (C=N–C) groups is 1. The first kappa shape index (κ1) is 15.5. The Labute approximate surface area is 139 Å². The van der Waals surface area contributed by atoms with Crippen LogP contribution in [0.15, 0.2) is 29.3 Å². The van der Waals surface area contributed by atoms with Crippen LogP contribution in [-0.2, 0) is 9.59 Å². The normalized spacial score (nSPS) is 20.4. The van der Waals surface area contributed by atoms with Gasteiger partial charge in [-0.15, -0.1) is 0 Å². The highest BCUT2D eigenvalue weighted by Gasteiger charge is 2.48. The van der Waals surface area contributed by atoms with E-state index in [1.807, 2.05) is 0 Å². The fourth-order valence-electron chi connectivity index (χ4n) is 3.27. The second-order valence-electron chi connectivity index (χ2n) is 5.76. The molecule has 0 radical (unpaired) electrons. The van der Waals surface area contributed by atoms with Crippen LogP contribution < -0.4 is 0 Å². The van der Waals surface area contributed by atoms with Crippen molar-refractivity contribution in [1.29, 1.82) is 0 Å². The number of rotatable bonds is 3. The van der Waals surface area contributed by atoms with E-state index < -0.39 is 10.9 Å². The molecule has 1 aliphatic carbocycles. The summed E-state index contributed by atoms with van der Waals surface area (Å²) in [5, 5.41) is 0.0702. The maximum Gasteiger partial charge on any atom is 0.275 e. The second-order valence-corrected chi connectivity index (χ2v) is 6.61. The van der Waals surface area contributed by atoms with E-state index in [0.29, 0.717) is 10.7 Å². The summed E-state index contributed by atoms with van der Waals surface area (Å²) in [6, 6.07) is 7.02. The van der Waals surface area contributed by atoms with Crippen LogP contribution in [-0.4, -0.2) is 34.0 Å². The minimum Gasteiger partial charge on any atom is -0.304 e. The summed E-state index contributed by atoms with van der Waals surface area (Å²) < 4.78 is 0. The first-order chi connectivity index (χ1) is 10.5. The summed E-state index contributed by atoms with van der Waals surface area (Å²) in [6.07, 6.45) is 4.68. The molecule has 1 fully saturated rings. The summed E-state index contributed by atoms with van der Waals surface area (Å²) in [5.74, 6) is -0.224. The van der Waals surface area contributed by atoms with Gasteiger partial charge in [0.25, 0.3) is 5.91 Å². The Kier molecular flexibility index (Phi) is 4.24. The van der Waals surface area contributed by atoms with Gasteiger partial charge in [-0.2, -0.15) is 0 Å². The van der Waals surface area contributed by atoms with Crippen molar-refractivity contribution in [3.63, 3.8) is 0 Å². The van der Waals surface area contributed by atoms with Crippen LogP contribution in [0.3, 0.4) is 0 Å². The molecule has 1 aromatic carbocycles. The predicted molar refractivity (Wildman–Crippen MR) is 86.4 cm³/mol. The second kappa shape index (κ2) is 6.01. The van der Waals surface area contributed by atoms with E-state index in [0.717, 1.165) is 37.7 Å². The minimum atomic E-state index is -0.602. The molecule has 6 heteroatoms. The Balaban J connectivity index is 1.99. The lowest BCUT2D eigenvalue weighted by atomic mass is 9.88. The molecule has 2 aliphatic rings. The van der Waals surface area contributed by atoms with Crippen LogP contribution in [0.5, 0.6) is 0 Å². The Bertz CT molecular complexity index is 634. The summed E-state index contributed by atoms with van der Waals surface area (Å²) in [6.45, 7) is -0.0963. The zero-order valence-corrected chi connectivity index (χ0v) is 13.5. The summed E-state index contributed by atoms with van der Waals surface area (Å²) in [5.41, 5.74) is 0.523. The van der Waals surface area contributed by atoms with Crippen LogP contribution in [0.4, 0.5) is 0 Å². The Morgan fingerprint density at radius 2 is 1.82 bits per heavy atom. The van der Waals surface area contributed by atoms with E-state index in [9.17, 15) is 9.59 Å². The van der Waals surface area contributed by atoms with Crippen LogP contribution in [0.1, 0.15) is 37.7 Å². The summed E-state index contributed by atoms with van der Waals surface area (Å²) >= 11 is 11.4. The average molecular weight is 339 g/mol. The van der Waals surface area contributed by atoms with Gasteiger partial charge in [0.05, 0.1) is 6.54 Å². The molecule has 0 saturated heterocycles. The zero-order chi connectivity index (χ0) is 15.7. The Morgan fingerprint density at radius 1 is 1.18 bits per heavy atom. The van der Waals surface area contributed by atoms with Gasteiger partial charge >= 0.3 is 0 Å². The fraction of sp³-hybridized carbons (Fsp3) is 0.438. The van der Waals surface area contributed by atoms with Crippen molar-refractivity contribution in [2.45, 2.75) is 37.8 Å². The molecular formula is C16H16Cl2N2O2. The molecule has 1 aliphatic heterocycles. The zero-order valence-electron chi connectivity index (χ0n) is 12.0. The molecule has 0 atom stereocenters. The summed E-state index contributed by atoms with van der Waals surface area (Å²) in [7, 11) is 0. The Hall–Kier alpha value is -1.39. The number of halogens is 2. The van der Waals surface area contributed by atoms with Gasteiger partial charge < -0.3 is 4.90 Å². The van der Waals surface area contributed by atoms with Crippen molar-refractivity contribution in [3.8, 4) is 0 Å². The lowest BCUT2D eigenvalue weighted by Gasteiger charge is -2.38. The van der Waals surface area contributed by atoms with Crippen molar-refractivity contribution < 1.29 is 9.59 Å². The van der Waals surface area contributed by atoms with E-state index in [-0.39, 0.29) is 12.5 Å². The quantitative estimate of drug-likeness (QED) is 0.793. The monoisotopic (exact) mass is 338 g/mol. The number of hydrogen-bond donors (Lipinski definition) is 0. The van der Waals surface area contributed by atoms with Gasteiger partial charge in [0.1, 0.15) is 11.4 Å². The van der Waals surface area contributed by atoms with Crippen LogP contribution in [0, 0.1) is 0 Å². The predicted octanol–water partition coefficient (Wildman–Crippen LogP) is 3.40. The molecule has 116 valence electrons. The molecule has 22 heavy (non-hydrogen) atoms. The number of carbonyl (C=O) groups is 2. The van der Waals surface area contributed by atoms with Crippen molar-refractivity contribution >= 4 is 40.1 Å². The SMILES string of the molecule is O=C(Cl)CN1C(=O)C(c2ccc(Cl)cc2)=NC12CCCCC2. The largest absolute Gasteiger partial charge is 0.304 e. The lowest BCUT2D eigenvalue weighted by molar-refractivity contribution is -0.132. The van der Waals surface area contributed by atoms with Gasteiger partial charge in [-0.3, -0.25) is 14.6 Å². The molecule has 1 aromatic rings. The van der Waals surface area contributed by atoms with Gasteiger partial charge in [0.2, 0.25) is 5.24 Å². The molecular weight excluding hydrogens is 323 g/mol. The highest BCUT2D eigenvalue weighted by atomic mass is 35.5. The highest BCUT2D eigenvalue weighted by Crippen LogP contribution is 2.39. The molecule has 0 aromatic heterocycles. The number of carbonyl (C=O) groups excluding carboxylic acids is 2. The van der Waals surface area contributed by atoms with Gasteiger partial charge in [-0.05, 0) is 49.4 Å². The van der Waals surface area contributed by atoms with E-state index in [4.69, 9.17) is 28.2 Å². The van der Waals surface area contributed by atoms with Gasteiger partial charge in [-0.25, -0.2) is 0 Å². The topological polar surface area (TPSA) is 49.7 Å². The third-order valence-corrected chi connectivity index (χ3v) is 4.70. The first-order valence-electron chi connectivity index (χ1n) is 7.38. The average Bonchev–Trinajstić information content (AvgIpc) is 2.74. The molecule has 0 N–H and O–H groups in total. The third-order valence-electron chi connectivity index (χ3n) is 4.32. The molecule has 1 amide bonds. The third kappa shape index (κ3) is 2.77. The van der Waals surface area contributed by atoms with Gasteiger partial charge in [-0.1, -0.05) is 30.2 Å². The number of nitrogens with zero attached hydrogens (tertiary/aromatic N) is 2. The molecule has 0 bridgehead atoms.